The van der Waals surface area contributed by atoms with Gasteiger partial charge in [0, 0.05) is 4.88 Å². The minimum atomic E-state index is -0.161. The molecule has 0 spiro atoms. The molecule has 5 heteroatoms. The Morgan fingerprint density at radius 1 is 1.33 bits per heavy atom. The lowest BCUT2D eigenvalue weighted by atomic mass is 10.2. The number of thiophene rings is 1. The standard InChI is InChI=1S/C16H17NO3S/c1-10-7-15(21-11(10)2)16(18)17-8-12-9-19-13-5-3-4-6-14(13)20-12/h3-7,12H,8-9H2,1-2H3,(H,17,18). The minimum Gasteiger partial charge on any atom is -0.486 e. The Labute approximate surface area is 127 Å². The first-order chi connectivity index (χ1) is 10.1. The Bertz CT molecular complexity index is 646. The molecule has 0 saturated carbocycles. The lowest BCUT2D eigenvalue weighted by Crippen LogP contribution is -2.40. The highest BCUT2D eigenvalue weighted by Crippen LogP contribution is 2.30. The van der Waals surface area contributed by atoms with Crippen LogP contribution >= 0.6 is 11.3 Å². The zero-order valence-corrected chi connectivity index (χ0v) is 12.8. The molecular formula is C16H17NO3S. The smallest absolute Gasteiger partial charge is 0.261 e. The van der Waals surface area contributed by atoms with Crippen LogP contribution < -0.4 is 14.8 Å². The number of carbonyl (C=O) groups excluding carboxylic acids is 1. The maximum absolute atomic E-state index is 12.1. The van der Waals surface area contributed by atoms with Gasteiger partial charge in [0.15, 0.2) is 11.5 Å². The Morgan fingerprint density at radius 2 is 2.10 bits per heavy atom. The molecule has 1 unspecified atom stereocenters. The Hall–Kier alpha value is -2.01. The molecule has 1 amide bonds. The van der Waals surface area contributed by atoms with Crippen LogP contribution in [0.1, 0.15) is 20.1 Å². The molecule has 3 rings (SSSR count). The number of amides is 1. The molecule has 2 aromatic rings. The van der Waals surface area contributed by atoms with Crippen molar-refractivity contribution in [3.63, 3.8) is 0 Å². The van der Waals surface area contributed by atoms with Crippen molar-refractivity contribution in [3.05, 3.63) is 45.6 Å². The molecule has 0 fully saturated rings. The highest BCUT2D eigenvalue weighted by atomic mass is 32.1. The van der Waals surface area contributed by atoms with Crippen molar-refractivity contribution in [2.75, 3.05) is 13.2 Å². The van der Waals surface area contributed by atoms with Gasteiger partial charge in [0.1, 0.15) is 12.7 Å². The molecule has 4 nitrogen and oxygen atoms in total. The highest BCUT2D eigenvalue weighted by Gasteiger charge is 2.21. The Kier molecular flexibility index (Phi) is 3.84. The quantitative estimate of drug-likeness (QED) is 0.948. The molecule has 0 radical (unpaired) electrons. The van der Waals surface area contributed by atoms with Crippen LogP contribution in [0.25, 0.3) is 0 Å². The van der Waals surface area contributed by atoms with Gasteiger partial charge in [0.25, 0.3) is 5.91 Å². The summed E-state index contributed by atoms with van der Waals surface area (Å²) in [5.41, 5.74) is 1.15. The molecular weight excluding hydrogens is 286 g/mol. The molecule has 21 heavy (non-hydrogen) atoms. The third kappa shape index (κ3) is 3.03. The maximum Gasteiger partial charge on any atom is 0.261 e. The van der Waals surface area contributed by atoms with Crippen LogP contribution in [-0.4, -0.2) is 25.2 Å². The molecule has 1 aliphatic rings. The van der Waals surface area contributed by atoms with E-state index in [4.69, 9.17) is 9.47 Å². The van der Waals surface area contributed by atoms with Crippen molar-refractivity contribution in [2.24, 2.45) is 0 Å². The molecule has 0 saturated heterocycles. The predicted molar refractivity (Wildman–Crippen MR) is 82.5 cm³/mol. The molecule has 1 aromatic heterocycles. The number of hydrogen-bond acceptors (Lipinski definition) is 4. The van der Waals surface area contributed by atoms with Crippen LogP contribution in [-0.2, 0) is 0 Å². The topological polar surface area (TPSA) is 47.6 Å². The van der Waals surface area contributed by atoms with Crippen LogP contribution in [0.2, 0.25) is 0 Å². The van der Waals surface area contributed by atoms with Gasteiger partial charge in [-0.3, -0.25) is 4.79 Å². The summed E-state index contributed by atoms with van der Waals surface area (Å²) in [5, 5.41) is 2.91. The second kappa shape index (κ2) is 5.77. The van der Waals surface area contributed by atoms with Crippen molar-refractivity contribution < 1.29 is 14.3 Å². The summed E-state index contributed by atoms with van der Waals surface area (Å²) in [6, 6.07) is 9.48. The summed E-state index contributed by atoms with van der Waals surface area (Å²) >= 11 is 1.51. The van der Waals surface area contributed by atoms with Crippen molar-refractivity contribution in [1.29, 1.82) is 0 Å². The van der Waals surface area contributed by atoms with E-state index in [9.17, 15) is 4.79 Å². The summed E-state index contributed by atoms with van der Waals surface area (Å²) in [5.74, 6) is 1.43. The third-order valence-corrected chi connectivity index (χ3v) is 4.60. The van der Waals surface area contributed by atoms with Crippen molar-refractivity contribution in [3.8, 4) is 11.5 Å². The Morgan fingerprint density at radius 3 is 2.81 bits per heavy atom. The van der Waals surface area contributed by atoms with Crippen LogP contribution in [0.15, 0.2) is 30.3 Å². The van der Waals surface area contributed by atoms with E-state index in [-0.39, 0.29) is 12.0 Å². The summed E-state index contributed by atoms with van der Waals surface area (Å²) in [6.07, 6.45) is -0.161. The van der Waals surface area contributed by atoms with E-state index in [1.807, 2.05) is 44.2 Å². The maximum atomic E-state index is 12.1. The van der Waals surface area contributed by atoms with Crippen LogP contribution in [0.5, 0.6) is 11.5 Å². The fourth-order valence-corrected chi connectivity index (χ4v) is 3.09. The molecule has 1 aliphatic heterocycles. The van der Waals surface area contributed by atoms with Gasteiger partial charge in [-0.15, -0.1) is 11.3 Å². The molecule has 1 atom stereocenters. The third-order valence-electron chi connectivity index (χ3n) is 3.45. The minimum absolute atomic E-state index is 0.0568. The number of fused-ring (bicyclic) bond motifs is 1. The van der Waals surface area contributed by atoms with E-state index in [1.165, 1.54) is 16.2 Å². The van der Waals surface area contributed by atoms with E-state index in [0.717, 1.165) is 21.9 Å². The van der Waals surface area contributed by atoms with Gasteiger partial charge in [-0.1, -0.05) is 12.1 Å². The van der Waals surface area contributed by atoms with Gasteiger partial charge in [-0.05, 0) is 37.6 Å². The van der Waals surface area contributed by atoms with E-state index >= 15 is 0 Å². The number of carbonyl (C=O) groups is 1. The first kappa shape index (κ1) is 13.9. The number of nitrogens with one attached hydrogen (secondary N) is 1. The number of ether oxygens (including phenoxy) is 2. The lowest BCUT2D eigenvalue weighted by molar-refractivity contribution is 0.0791. The molecule has 0 bridgehead atoms. The fourth-order valence-electron chi connectivity index (χ4n) is 2.14. The predicted octanol–water partition coefficient (Wildman–Crippen LogP) is 2.93. The summed E-state index contributed by atoms with van der Waals surface area (Å²) in [4.78, 5) is 14.0. The zero-order chi connectivity index (χ0) is 14.8. The summed E-state index contributed by atoms with van der Waals surface area (Å²) in [6.45, 7) is 4.91. The number of aryl methyl sites for hydroxylation is 2. The molecule has 1 aromatic carbocycles. The van der Waals surface area contributed by atoms with Crippen LogP contribution in [0, 0.1) is 13.8 Å². The van der Waals surface area contributed by atoms with E-state index in [0.29, 0.717) is 13.2 Å². The van der Waals surface area contributed by atoms with E-state index in [2.05, 4.69) is 5.32 Å². The van der Waals surface area contributed by atoms with Crippen molar-refractivity contribution in [2.45, 2.75) is 20.0 Å². The number of hydrogen-bond donors (Lipinski definition) is 1. The van der Waals surface area contributed by atoms with Crippen molar-refractivity contribution >= 4 is 17.2 Å². The summed E-state index contributed by atoms with van der Waals surface area (Å²) < 4.78 is 11.4. The van der Waals surface area contributed by atoms with E-state index < -0.39 is 0 Å². The first-order valence-corrected chi connectivity index (χ1v) is 7.69. The molecule has 0 aliphatic carbocycles. The Balaban J connectivity index is 1.58. The average Bonchev–Trinajstić information content (AvgIpc) is 2.84. The molecule has 1 N–H and O–H groups in total. The normalized spacial score (nSPS) is 16.6. The first-order valence-electron chi connectivity index (χ1n) is 6.87. The average molecular weight is 303 g/mol. The zero-order valence-electron chi connectivity index (χ0n) is 12.0. The van der Waals surface area contributed by atoms with Crippen LogP contribution in [0.4, 0.5) is 0 Å². The van der Waals surface area contributed by atoms with Gasteiger partial charge >= 0.3 is 0 Å². The van der Waals surface area contributed by atoms with Gasteiger partial charge in [0.05, 0.1) is 11.4 Å². The largest absolute Gasteiger partial charge is 0.486 e. The van der Waals surface area contributed by atoms with Gasteiger partial charge in [-0.25, -0.2) is 0 Å². The molecule has 110 valence electrons. The SMILES string of the molecule is Cc1cc(C(=O)NCC2COc3ccccc3O2)sc1C. The van der Waals surface area contributed by atoms with Gasteiger partial charge in [0.2, 0.25) is 0 Å². The monoisotopic (exact) mass is 303 g/mol. The second-order valence-electron chi connectivity index (χ2n) is 5.06. The van der Waals surface area contributed by atoms with E-state index in [1.54, 1.807) is 0 Å². The number of benzene rings is 1. The molecule has 2 heterocycles. The van der Waals surface area contributed by atoms with Gasteiger partial charge < -0.3 is 14.8 Å². The second-order valence-corrected chi connectivity index (χ2v) is 6.31. The van der Waals surface area contributed by atoms with Crippen molar-refractivity contribution in [1.82, 2.24) is 5.32 Å². The highest BCUT2D eigenvalue weighted by molar-refractivity contribution is 7.14. The summed E-state index contributed by atoms with van der Waals surface area (Å²) in [7, 11) is 0. The van der Waals surface area contributed by atoms with Crippen LogP contribution in [0.3, 0.4) is 0 Å². The lowest BCUT2D eigenvalue weighted by Gasteiger charge is -2.26. The van der Waals surface area contributed by atoms with Gasteiger partial charge in [-0.2, -0.15) is 0 Å². The number of rotatable bonds is 3. The fraction of sp³-hybridized carbons (Fsp3) is 0.312. The number of para-hydroxylation sites is 2.